The van der Waals surface area contributed by atoms with Crippen LogP contribution >= 0.6 is 0 Å². The molecule has 4 aliphatic carbocycles. The Kier molecular flexibility index (Phi) is 3.45. The van der Waals surface area contributed by atoms with Crippen LogP contribution in [0.15, 0.2) is 12.2 Å². The van der Waals surface area contributed by atoms with Crippen LogP contribution < -0.4 is 5.73 Å². The van der Waals surface area contributed by atoms with Crippen LogP contribution in [0.2, 0.25) is 0 Å². The summed E-state index contributed by atoms with van der Waals surface area (Å²) in [5.41, 5.74) is 3.03. The lowest BCUT2D eigenvalue weighted by Crippen LogP contribution is -2.81. The summed E-state index contributed by atoms with van der Waals surface area (Å²) in [6.07, 6.45) is -3.62. The van der Waals surface area contributed by atoms with Crippen LogP contribution in [-0.4, -0.2) is 62.5 Å². The highest BCUT2D eigenvalue weighted by Gasteiger charge is 2.86. The van der Waals surface area contributed by atoms with E-state index >= 15 is 0 Å². The van der Waals surface area contributed by atoms with E-state index in [0.717, 1.165) is 0 Å². The van der Waals surface area contributed by atoms with Crippen molar-refractivity contribution in [2.75, 3.05) is 0 Å². The molecular formula is C20H29NO7. The number of fused-ring (bicyclic) bond motifs is 2. The van der Waals surface area contributed by atoms with Crippen molar-refractivity contribution in [2.24, 2.45) is 39.7 Å². The zero-order valence-corrected chi connectivity index (χ0v) is 16.3. The van der Waals surface area contributed by atoms with Gasteiger partial charge in [0.25, 0.3) is 0 Å². The van der Waals surface area contributed by atoms with E-state index in [1.54, 1.807) is 13.8 Å². The molecule has 0 aromatic heterocycles. The summed E-state index contributed by atoms with van der Waals surface area (Å²) in [5.74, 6) is -4.66. The van der Waals surface area contributed by atoms with Gasteiger partial charge in [0.2, 0.25) is 5.79 Å². The molecule has 11 atom stereocenters. The minimum atomic E-state index is -2.47. The zero-order valence-electron chi connectivity index (χ0n) is 16.3. The Hall–Kier alpha value is -0.870. The van der Waals surface area contributed by atoms with Crippen LogP contribution in [0, 0.1) is 34.0 Å². The minimum Gasteiger partial charge on any atom is -0.391 e. The second-order valence-electron chi connectivity index (χ2n) is 10.3. The molecule has 8 nitrogen and oxygen atoms in total. The molecule has 0 aromatic carbocycles. The SMILES string of the molecule is C=C1C(=O)[C@]23[C@@H](O)[C@H]1CC[C@H]2[C@@]1(C)[C@@H]2[C@H](O)[C@@]3(O)OO[C@H]1[C@@H](N)[C@H](O)C2(C)C. The number of hydrogen-bond acceptors (Lipinski definition) is 8. The third-order valence-corrected chi connectivity index (χ3v) is 9.18. The fourth-order valence-corrected chi connectivity index (χ4v) is 8.06. The summed E-state index contributed by atoms with van der Waals surface area (Å²) >= 11 is 0. The van der Waals surface area contributed by atoms with Crippen molar-refractivity contribution in [3.63, 3.8) is 0 Å². The summed E-state index contributed by atoms with van der Waals surface area (Å²) in [5, 5.41) is 45.2. The Bertz CT molecular complexity index is 785. The largest absolute Gasteiger partial charge is 0.391 e. The van der Waals surface area contributed by atoms with Crippen LogP contribution in [0.1, 0.15) is 33.6 Å². The van der Waals surface area contributed by atoms with E-state index in [4.69, 9.17) is 15.5 Å². The number of carbonyl (C=O) groups is 1. The maximum atomic E-state index is 13.5. The first-order valence-corrected chi connectivity index (χ1v) is 9.99. The van der Waals surface area contributed by atoms with E-state index in [0.29, 0.717) is 12.8 Å². The molecule has 2 aliphatic heterocycles. The Morgan fingerprint density at radius 1 is 1.11 bits per heavy atom. The normalized spacial score (nSPS) is 61.9. The molecule has 0 radical (unpaired) electrons. The van der Waals surface area contributed by atoms with Gasteiger partial charge in [0, 0.05) is 17.3 Å². The van der Waals surface area contributed by atoms with Crippen molar-refractivity contribution in [1.29, 1.82) is 0 Å². The molecule has 1 spiro atoms. The molecule has 0 unspecified atom stereocenters. The summed E-state index contributed by atoms with van der Waals surface area (Å²) in [6, 6.07) is -0.851. The molecule has 156 valence electrons. The van der Waals surface area contributed by atoms with Gasteiger partial charge in [-0.05, 0) is 29.7 Å². The molecule has 6 aliphatic rings. The van der Waals surface area contributed by atoms with Crippen molar-refractivity contribution < 1.29 is 35.0 Å². The first-order chi connectivity index (χ1) is 12.9. The third kappa shape index (κ3) is 1.55. The number of aliphatic hydroxyl groups excluding tert-OH is 3. The standard InChI is InChI=1S/C20H29NO7/c1-7-8-5-6-9-18(4)11-15(25)20(26,19(9,12(7)22)13(8)23)28-27-16(18)10(21)14(24)17(11,2)3/h8-11,13-16,23-26H,1,5-6,21H2,2-4H3/t8-,9-,10-,11+,13-,14-,15-,16-,18-,19-,20+/m0/s1. The number of ketones is 1. The van der Waals surface area contributed by atoms with Gasteiger partial charge in [-0.25, -0.2) is 4.89 Å². The molecule has 6 fully saturated rings. The molecule has 6 rings (SSSR count). The molecule has 2 saturated heterocycles. The topological polar surface area (TPSA) is 142 Å². The summed E-state index contributed by atoms with van der Waals surface area (Å²) < 4.78 is 0. The van der Waals surface area contributed by atoms with E-state index in [2.05, 4.69) is 6.58 Å². The van der Waals surface area contributed by atoms with Crippen molar-refractivity contribution in [1.82, 2.24) is 0 Å². The highest BCUT2D eigenvalue weighted by molar-refractivity contribution is 6.05. The number of rotatable bonds is 0. The first kappa shape index (κ1) is 19.1. The fourth-order valence-electron chi connectivity index (χ4n) is 8.06. The number of nitrogens with two attached hydrogens (primary N) is 1. The summed E-state index contributed by atoms with van der Waals surface area (Å²) in [6.45, 7) is 9.33. The Morgan fingerprint density at radius 3 is 2.39 bits per heavy atom. The van der Waals surface area contributed by atoms with E-state index in [1.165, 1.54) is 0 Å². The quantitative estimate of drug-likeness (QED) is 0.266. The van der Waals surface area contributed by atoms with Gasteiger partial charge in [0.15, 0.2) is 5.78 Å². The summed E-state index contributed by atoms with van der Waals surface area (Å²) in [7, 11) is 0. The second kappa shape index (κ2) is 5.06. The number of hydrogen-bond donors (Lipinski definition) is 5. The maximum Gasteiger partial charge on any atom is 0.241 e. The Labute approximate surface area is 163 Å². The number of aliphatic hydroxyl groups is 4. The van der Waals surface area contributed by atoms with Crippen molar-refractivity contribution in [3.05, 3.63) is 12.2 Å². The monoisotopic (exact) mass is 395 g/mol. The predicted octanol–water partition coefficient (Wildman–Crippen LogP) is -0.757. The molecule has 2 heterocycles. The van der Waals surface area contributed by atoms with Crippen molar-refractivity contribution in [2.45, 2.75) is 69.9 Å². The molecule has 6 N–H and O–H groups in total. The molecule has 0 aromatic rings. The van der Waals surface area contributed by atoms with Gasteiger partial charge in [0.1, 0.15) is 17.6 Å². The van der Waals surface area contributed by atoms with E-state index in [1.807, 2.05) is 6.92 Å². The molecule has 8 heteroatoms. The molecular weight excluding hydrogens is 366 g/mol. The van der Waals surface area contributed by atoms with E-state index in [9.17, 15) is 25.2 Å². The van der Waals surface area contributed by atoms with Crippen molar-refractivity contribution >= 4 is 5.78 Å². The molecule has 0 amide bonds. The smallest absolute Gasteiger partial charge is 0.241 e. The fraction of sp³-hybridized carbons (Fsp3) is 0.850. The van der Waals surface area contributed by atoms with E-state index < -0.39 is 76.0 Å². The van der Waals surface area contributed by atoms with Gasteiger partial charge >= 0.3 is 0 Å². The average molecular weight is 395 g/mol. The van der Waals surface area contributed by atoms with Crippen LogP contribution in [0.3, 0.4) is 0 Å². The highest BCUT2D eigenvalue weighted by atomic mass is 17.2. The lowest BCUT2D eigenvalue weighted by Gasteiger charge is -2.68. The minimum absolute atomic E-state index is 0.254. The average Bonchev–Trinajstić information content (AvgIpc) is 2.74. The Morgan fingerprint density at radius 2 is 1.75 bits per heavy atom. The molecule has 28 heavy (non-hydrogen) atoms. The predicted molar refractivity (Wildman–Crippen MR) is 95.1 cm³/mol. The van der Waals surface area contributed by atoms with Gasteiger partial charge in [-0.2, -0.15) is 4.89 Å². The molecule has 6 bridgehead atoms. The second-order valence-corrected chi connectivity index (χ2v) is 10.3. The lowest BCUT2D eigenvalue weighted by atomic mass is 9.36. The number of Topliss-reactive ketones (excluding diaryl/α,β-unsaturated/α-hetero) is 1. The third-order valence-electron chi connectivity index (χ3n) is 9.18. The van der Waals surface area contributed by atoms with E-state index in [-0.39, 0.29) is 5.57 Å². The number of carbonyl (C=O) groups excluding carboxylic acids is 1. The maximum absolute atomic E-state index is 13.5. The zero-order chi connectivity index (χ0) is 20.6. The van der Waals surface area contributed by atoms with Gasteiger partial charge < -0.3 is 26.2 Å². The van der Waals surface area contributed by atoms with Crippen LogP contribution in [0.5, 0.6) is 0 Å². The summed E-state index contributed by atoms with van der Waals surface area (Å²) in [4.78, 5) is 24.5. The van der Waals surface area contributed by atoms with Gasteiger partial charge in [-0.3, -0.25) is 4.79 Å². The lowest BCUT2D eigenvalue weighted by molar-refractivity contribution is -0.471. The first-order valence-electron chi connectivity index (χ1n) is 9.99. The highest BCUT2D eigenvalue weighted by Crippen LogP contribution is 2.75. The van der Waals surface area contributed by atoms with Crippen LogP contribution in [-0.2, 0) is 14.6 Å². The van der Waals surface area contributed by atoms with Crippen LogP contribution in [0.25, 0.3) is 0 Å². The van der Waals surface area contributed by atoms with Gasteiger partial charge in [-0.15, -0.1) is 0 Å². The van der Waals surface area contributed by atoms with Gasteiger partial charge in [0.05, 0.1) is 18.2 Å². The van der Waals surface area contributed by atoms with Crippen molar-refractivity contribution in [3.8, 4) is 0 Å². The van der Waals surface area contributed by atoms with Gasteiger partial charge in [-0.1, -0.05) is 27.4 Å². The van der Waals surface area contributed by atoms with Crippen LogP contribution in [0.4, 0.5) is 0 Å². The molecule has 4 saturated carbocycles. The Balaban J connectivity index is 1.84.